The first-order valence-electron chi connectivity index (χ1n) is 9.86. The van der Waals surface area contributed by atoms with Crippen molar-refractivity contribution < 1.29 is 4.79 Å². The van der Waals surface area contributed by atoms with Crippen LogP contribution in [0.4, 0.5) is 0 Å². The minimum atomic E-state index is -0.0932. The summed E-state index contributed by atoms with van der Waals surface area (Å²) in [6.45, 7) is 5.06. The minimum absolute atomic E-state index is 0.0508. The van der Waals surface area contributed by atoms with Crippen LogP contribution in [-0.2, 0) is 0 Å². The lowest BCUT2D eigenvalue weighted by Crippen LogP contribution is -2.40. The van der Waals surface area contributed by atoms with Crippen LogP contribution in [0.5, 0.6) is 0 Å². The zero-order valence-corrected chi connectivity index (χ0v) is 16.1. The molecule has 2 N–H and O–H groups in total. The standard InChI is InChI=1S/C23H25N3O2/c1-16(26-11-2-3-12-26)15-25-22(27)20-6-4-5-17(14-20)18-7-8-21-19(13-18)9-10-24-23(21)28/h4-10,13-14,16H,2-3,11-12,15H2,1H3,(H,24,28)(H,25,27)/t16-/m0/s1. The number of likely N-dealkylation sites (tertiary alicyclic amines) is 1. The van der Waals surface area contributed by atoms with Gasteiger partial charge in [-0.25, -0.2) is 0 Å². The number of nitrogens with zero attached hydrogens (tertiary/aromatic N) is 1. The van der Waals surface area contributed by atoms with Crippen LogP contribution in [0.1, 0.15) is 30.1 Å². The van der Waals surface area contributed by atoms with Crippen molar-refractivity contribution in [3.05, 3.63) is 70.6 Å². The fourth-order valence-electron chi connectivity index (χ4n) is 3.87. The predicted octanol–water partition coefficient (Wildman–Crippen LogP) is 3.41. The third kappa shape index (κ3) is 3.85. The lowest BCUT2D eigenvalue weighted by Gasteiger charge is -2.23. The summed E-state index contributed by atoms with van der Waals surface area (Å²) in [6, 6.07) is 15.6. The summed E-state index contributed by atoms with van der Waals surface area (Å²) < 4.78 is 0. The number of hydrogen-bond acceptors (Lipinski definition) is 3. The Balaban J connectivity index is 1.51. The highest BCUT2D eigenvalue weighted by Crippen LogP contribution is 2.24. The molecule has 3 aromatic rings. The maximum atomic E-state index is 12.6. The third-order valence-electron chi connectivity index (χ3n) is 5.55. The zero-order chi connectivity index (χ0) is 19.5. The molecule has 5 heteroatoms. The zero-order valence-electron chi connectivity index (χ0n) is 16.1. The van der Waals surface area contributed by atoms with Crippen molar-refractivity contribution in [1.29, 1.82) is 0 Å². The van der Waals surface area contributed by atoms with Crippen molar-refractivity contribution in [2.45, 2.75) is 25.8 Å². The molecule has 1 amide bonds. The van der Waals surface area contributed by atoms with Crippen LogP contribution in [-0.4, -0.2) is 41.5 Å². The fraction of sp³-hybridized carbons (Fsp3) is 0.304. The van der Waals surface area contributed by atoms with Gasteiger partial charge in [-0.15, -0.1) is 0 Å². The van der Waals surface area contributed by atoms with Crippen molar-refractivity contribution in [2.75, 3.05) is 19.6 Å². The summed E-state index contributed by atoms with van der Waals surface area (Å²) in [4.78, 5) is 29.6. The molecule has 0 aliphatic carbocycles. The summed E-state index contributed by atoms with van der Waals surface area (Å²) in [6.07, 6.45) is 4.15. The largest absolute Gasteiger partial charge is 0.350 e. The molecule has 0 radical (unpaired) electrons. The van der Waals surface area contributed by atoms with E-state index in [2.05, 4.69) is 22.1 Å². The van der Waals surface area contributed by atoms with E-state index < -0.39 is 0 Å². The van der Waals surface area contributed by atoms with Gasteiger partial charge in [-0.05, 0) is 79.7 Å². The van der Waals surface area contributed by atoms with Crippen molar-refractivity contribution in [3.8, 4) is 11.1 Å². The van der Waals surface area contributed by atoms with Crippen LogP contribution in [0.15, 0.2) is 59.5 Å². The van der Waals surface area contributed by atoms with Gasteiger partial charge in [-0.2, -0.15) is 0 Å². The molecule has 144 valence electrons. The molecule has 2 heterocycles. The molecule has 0 spiro atoms. The first-order chi connectivity index (χ1) is 13.6. The number of aromatic amines is 1. The number of hydrogen-bond donors (Lipinski definition) is 2. The van der Waals surface area contributed by atoms with Gasteiger partial charge in [0.25, 0.3) is 11.5 Å². The van der Waals surface area contributed by atoms with E-state index in [-0.39, 0.29) is 11.5 Å². The molecule has 5 nitrogen and oxygen atoms in total. The second-order valence-electron chi connectivity index (χ2n) is 7.49. The highest BCUT2D eigenvalue weighted by Gasteiger charge is 2.18. The second kappa shape index (κ2) is 7.98. The number of amides is 1. The van der Waals surface area contributed by atoms with Gasteiger partial charge in [0.1, 0.15) is 0 Å². The van der Waals surface area contributed by atoms with E-state index in [1.807, 2.05) is 48.5 Å². The van der Waals surface area contributed by atoms with Gasteiger partial charge in [0.2, 0.25) is 0 Å². The second-order valence-corrected chi connectivity index (χ2v) is 7.49. The third-order valence-corrected chi connectivity index (χ3v) is 5.55. The van der Waals surface area contributed by atoms with Crippen LogP contribution in [0, 0.1) is 0 Å². The SMILES string of the molecule is C[C@@H](CNC(=O)c1cccc(-c2ccc3c(=O)[nH]ccc3c2)c1)N1CCCC1. The van der Waals surface area contributed by atoms with Gasteiger partial charge in [0.05, 0.1) is 0 Å². The molecular weight excluding hydrogens is 350 g/mol. The predicted molar refractivity (Wildman–Crippen MR) is 113 cm³/mol. The fourth-order valence-corrected chi connectivity index (χ4v) is 3.87. The maximum Gasteiger partial charge on any atom is 0.255 e. The van der Waals surface area contributed by atoms with Gasteiger partial charge in [0.15, 0.2) is 0 Å². The Kier molecular flexibility index (Phi) is 5.26. The average molecular weight is 375 g/mol. The summed E-state index contributed by atoms with van der Waals surface area (Å²) in [5.74, 6) is -0.0508. The van der Waals surface area contributed by atoms with Gasteiger partial charge in [-0.3, -0.25) is 14.5 Å². The lowest BCUT2D eigenvalue weighted by atomic mass is 10.00. The van der Waals surface area contributed by atoms with Gasteiger partial charge >= 0.3 is 0 Å². The average Bonchev–Trinajstić information content (AvgIpc) is 3.27. The first-order valence-corrected chi connectivity index (χ1v) is 9.86. The number of rotatable bonds is 5. The Labute approximate surface area is 164 Å². The molecule has 1 aliphatic heterocycles. The molecule has 0 bridgehead atoms. The van der Waals surface area contributed by atoms with E-state index in [0.29, 0.717) is 23.5 Å². The van der Waals surface area contributed by atoms with E-state index in [1.54, 1.807) is 6.20 Å². The Morgan fingerprint density at radius 2 is 1.89 bits per heavy atom. The number of carbonyl (C=O) groups excluding carboxylic acids is 1. The van der Waals surface area contributed by atoms with Gasteiger partial charge < -0.3 is 10.3 Å². The first kappa shape index (κ1) is 18.4. The summed E-state index contributed by atoms with van der Waals surface area (Å²) in [7, 11) is 0. The number of aromatic nitrogens is 1. The summed E-state index contributed by atoms with van der Waals surface area (Å²) in [5.41, 5.74) is 2.50. The van der Waals surface area contributed by atoms with Crippen molar-refractivity contribution in [1.82, 2.24) is 15.2 Å². The molecule has 1 fully saturated rings. The molecule has 1 aromatic heterocycles. The van der Waals surface area contributed by atoms with Crippen LogP contribution < -0.4 is 10.9 Å². The Morgan fingerprint density at radius 1 is 1.11 bits per heavy atom. The number of nitrogens with one attached hydrogen (secondary N) is 2. The molecule has 0 unspecified atom stereocenters. The van der Waals surface area contributed by atoms with Crippen molar-refractivity contribution in [2.24, 2.45) is 0 Å². The van der Waals surface area contributed by atoms with E-state index in [4.69, 9.17) is 0 Å². The molecular formula is C23H25N3O2. The smallest absolute Gasteiger partial charge is 0.255 e. The van der Waals surface area contributed by atoms with Gasteiger partial charge in [-0.1, -0.05) is 18.2 Å². The lowest BCUT2D eigenvalue weighted by molar-refractivity contribution is 0.0940. The summed E-state index contributed by atoms with van der Waals surface area (Å²) in [5, 5.41) is 4.61. The van der Waals surface area contributed by atoms with Crippen LogP contribution in [0.25, 0.3) is 21.9 Å². The molecule has 0 saturated carbocycles. The topological polar surface area (TPSA) is 65.2 Å². The van der Waals surface area contributed by atoms with Crippen LogP contribution in [0.3, 0.4) is 0 Å². The number of fused-ring (bicyclic) bond motifs is 1. The van der Waals surface area contributed by atoms with Crippen molar-refractivity contribution in [3.63, 3.8) is 0 Å². The number of H-pyrrole nitrogens is 1. The van der Waals surface area contributed by atoms with E-state index >= 15 is 0 Å². The normalized spacial score (nSPS) is 15.6. The summed E-state index contributed by atoms with van der Waals surface area (Å²) >= 11 is 0. The van der Waals surface area contributed by atoms with E-state index in [1.165, 1.54) is 12.8 Å². The number of carbonyl (C=O) groups is 1. The minimum Gasteiger partial charge on any atom is -0.350 e. The van der Waals surface area contributed by atoms with Crippen LogP contribution in [0.2, 0.25) is 0 Å². The molecule has 2 aromatic carbocycles. The molecule has 1 aliphatic rings. The molecule has 1 atom stereocenters. The highest BCUT2D eigenvalue weighted by molar-refractivity contribution is 5.96. The molecule has 1 saturated heterocycles. The Hall–Kier alpha value is -2.92. The van der Waals surface area contributed by atoms with Gasteiger partial charge in [0, 0.05) is 29.7 Å². The molecule has 28 heavy (non-hydrogen) atoms. The van der Waals surface area contributed by atoms with Crippen LogP contribution >= 0.6 is 0 Å². The van der Waals surface area contributed by atoms with Crippen molar-refractivity contribution >= 4 is 16.7 Å². The number of benzene rings is 2. The Morgan fingerprint density at radius 3 is 2.71 bits per heavy atom. The van der Waals surface area contributed by atoms with E-state index in [0.717, 1.165) is 29.6 Å². The monoisotopic (exact) mass is 375 g/mol. The number of pyridine rings is 1. The molecule has 4 rings (SSSR count). The quantitative estimate of drug-likeness (QED) is 0.718. The Bertz CT molecular complexity index is 1050. The van der Waals surface area contributed by atoms with E-state index in [9.17, 15) is 9.59 Å². The highest BCUT2D eigenvalue weighted by atomic mass is 16.1. The maximum absolute atomic E-state index is 12.6.